The molecule has 0 spiro atoms. The Morgan fingerprint density at radius 3 is 2.89 bits per heavy atom. The van der Waals surface area contributed by atoms with Crippen molar-refractivity contribution in [2.24, 2.45) is 0 Å². The van der Waals surface area contributed by atoms with Crippen LogP contribution in [0.3, 0.4) is 0 Å². The lowest BCUT2D eigenvalue weighted by Gasteiger charge is -2.16. The van der Waals surface area contributed by atoms with E-state index in [2.05, 4.69) is 22.4 Å². The maximum atomic E-state index is 11.5. The van der Waals surface area contributed by atoms with Crippen LogP contribution in [0.25, 0.3) is 0 Å². The van der Waals surface area contributed by atoms with Gasteiger partial charge in [0.2, 0.25) is 0 Å². The second-order valence-electron chi connectivity index (χ2n) is 4.44. The summed E-state index contributed by atoms with van der Waals surface area (Å²) in [6.45, 7) is 5.94. The summed E-state index contributed by atoms with van der Waals surface area (Å²) in [5.41, 5.74) is -0.149. The molecule has 1 heterocycles. The van der Waals surface area contributed by atoms with Crippen LogP contribution < -0.4 is 11.0 Å². The highest BCUT2D eigenvalue weighted by Crippen LogP contribution is 2.15. The standard InChI is InChI=1S/C12H24N4O2S/c1-3-6-13-10(5-8-17)9-19-12-15-14-11(18)16(12)7-4-2/h10,13,17H,3-9H2,1-2H3,(H,14,18). The average Bonchev–Trinajstić information content (AvgIpc) is 2.75. The number of aliphatic hydroxyl groups excluding tert-OH is 1. The van der Waals surface area contributed by atoms with Crippen LogP contribution in [0.1, 0.15) is 33.1 Å². The zero-order chi connectivity index (χ0) is 14.1. The van der Waals surface area contributed by atoms with Gasteiger partial charge in [0.15, 0.2) is 5.16 Å². The molecule has 0 saturated carbocycles. The third-order valence-corrected chi connectivity index (χ3v) is 3.88. The number of hydrogen-bond donors (Lipinski definition) is 3. The predicted octanol–water partition coefficient (Wildman–Crippen LogP) is 0.824. The quantitative estimate of drug-likeness (QED) is 0.555. The van der Waals surface area contributed by atoms with Crippen LogP contribution in [0.4, 0.5) is 0 Å². The minimum atomic E-state index is -0.149. The highest BCUT2D eigenvalue weighted by molar-refractivity contribution is 7.99. The summed E-state index contributed by atoms with van der Waals surface area (Å²) in [6, 6.07) is 0.247. The molecule has 6 nitrogen and oxygen atoms in total. The number of thioether (sulfide) groups is 1. The second kappa shape index (κ2) is 9.17. The third-order valence-electron chi connectivity index (χ3n) is 2.74. The number of H-pyrrole nitrogens is 1. The van der Waals surface area contributed by atoms with E-state index in [-0.39, 0.29) is 18.3 Å². The normalized spacial score (nSPS) is 12.8. The van der Waals surface area contributed by atoms with Gasteiger partial charge in [-0.15, -0.1) is 5.10 Å². The first-order chi connectivity index (χ1) is 9.22. The summed E-state index contributed by atoms with van der Waals surface area (Å²) < 4.78 is 1.67. The summed E-state index contributed by atoms with van der Waals surface area (Å²) >= 11 is 1.55. The summed E-state index contributed by atoms with van der Waals surface area (Å²) in [5.74, 6) is 0.800. The maximum absolute atomic E-state index is 11.5. The van der Waals surface area contributed by atoms with E-state index in [9.17, 15) is 4.79 Å². The third kappa shape index (κ3) is 5.38. The molecule has 0 aromatic carbocycles. The molecule has 1 unspecified atom stereocenters. The summed E-state index contributed by atoms with van der Waals surface area (Å²) in [5, 5.41) is 19.7. The van der Waals surface area contributed by atoms with Crippen LogP contribution in [0, 0.1) is 0 Å². The molecule has 0 amide bonds. The van der Waals surface area contributed by atoms with Crippen molar-refractivity contribution in [3.8, 4) is 0 Å². The SMILES string of the molecule is CCCNC(CCO)CSc1n[nH]c(=O)n1CCC. The van der Waals surface area contributed by atoms with Gasteiger partial charge in [0, 0.05) is 24.9 Å². The lowest BCUT2D eigenvalue weighted by molar-refractivity contribution is 0.270. The van der Waals surface area contributed by atoms with Gasteiger partial charge in [-0.3, -0.25) is 4.57 Å². The lowest BCUT2D eigenvalue weighted by Crippen LogP contribution is -2.33. The highest BCUT2D eigenvalue weighted by atomic mass is 32.2. The van der Waals surface area contributed by atoms with Crippen LogP contribution in [0.5, 0.6) is 0 Å². The van der Waals surface area contributed by atoms with Crippen LogP contribution in [-0.2, 0) is 6.54 Å². The molecule has 0 fully saturated rings. The van der Waals surface area contributed by atoms with E-state index in [4.69, 9.17) is 5.11 Å². The number of hydrogen-bond acceptors (Lipinski definition) is 5. The molecule has 1 aromatic rings. The molecular formula is C12H24N4O2S. The van der Waals surface area contributed by atoms with Crippen LogP contribution in [0.2, 0.25) is 0 Å². The first kappa shape index (κ1) is 16.3. The van der Waals surface area contributed by atoms with Crippen molar-refractivity contribution in [1.29, 1.82) is 0 Å². The van der Waals surface area contributed by atoms with Gasteiger partial charge >= 0.3 is 5.69 Å². The van der Waals surface area contributed by atoms with Crippen LogP contribution in [-0.4, -0.2) is 44.8 Å². The van der Waals surface area contributed by atoms with E-state index in [0.29, 0.717) is 6.54 Å². The van der Waals surface area contributed by atoms with Gasteiger partial charge < -0.3 is 10.4 Å². The van der Waals surface area contributed by atoms with Crippen molar-refractivity contribution < 1.29 is 5.11 Å². The Labute approximate surface area is 118 Å². The largest absolute Gasteiger partial charge is 0.396 e. The Balaban J connectivity index is 2.55. The van der Waals surface area contributed by atoms with E-state index in [1.807, 2.05) is 6.92 Å². The van der Waals surface area contributed by atoms with Crippen molar-refractivity contribution in [3.63, 3.8) is 0 Å². The molecule has 0 aliphatic carbocycles. The second-order valence-corrected chi connectivity index (χ2v) is 5.42. The molecule has 1 atom stereocenters. The van der Waals surface area contributed by atoms with Crippen LogP contribution in [0.15, 0.2) is 9.95 Å². The minimum absolute atomic E-state index is 0.149. The van der Waals surface area contributed by atoms with Crippen molar-refractivity contribution in [1.82, 2.24) is 20.1 Å². The average molecular weight is 288 g/mol. The summed E-state index contributed by atoms with van der Waals surface area (Å²) in [6.07, 6.45) is 2.69. The lowest BCUT2D eigenvalue weighted by atomic mass is 10.2. The maximum Gasteiger partial charge on any atom is 0.343 e. The highest BCUT2D eigenvalue weighted by Gasteiger charge is 2.12. The molecule has 1 rings (SSSR count). The smallest absolute Gasteiger partial charge is 0.343 e. The van der Waals surface area contributed by atoms with Gasteiger partial charge in [-0.2, -0.15) is 0 Å². The van der Waals surface area contributed by atoms with Crippen molar-refractivity contribution in [2.75, 3.05) is 18.9 Å². The summed E-state index contributed by atoms with van der Waals surface area (Å²) in [7, 11) is 0. The molecule has 0 aliphatic heterocycles. The number of nitrogens with zero attached hydrogens (tertiary/aromatic N) is 2. The van der Waals surface area contributed by atoms with Gasteiger partial charge in [-0.1, -0.05) is 25.6 Å². The van der Waals surface area contributed by atoms with Crippen molar-refractivity contribution in [3.05, 3.63) is 10.5 Å². The van der Waals surface area contributed by atoms with Gasteiger partial charge in [0.25, 0.3) is 0 Å². The molecule has 0 aliphatic rings. The predicted molar refractivity (Wildman–Crippen MR) is 77.6 cm³/mol. The molecule has 0 saturated heterocycles. The fourth-order valence-electron chi connectivity index (χ4n) is 1.76. The van der Waals surface area contributed by atoms with E-state index >= 15 is 0 Å². The van der Waals surface area contributed by atoms with Gasteiger partial charge in [0.05, 0.1) is 0 Å². The van der Waals surface area contributed by atoms with E-state index < -0.39 is 0 Å². The fourth-order valence-corrected chi connectivity index (χ4v) is 2.83. The Hall–Kier alpha value is -0.790. The van der Waals surface area contributed by atoms with E-state index in [1.54, 1.807) is 16.3 Å². The monoisotopic (exact) mass is 288 g/mol. The van der Waals surface area contributed by atoms with E-state index in [0.717, 1.165) is 36.7 Å². The van der Waals surface area contributed by atoms with Gasteiger partial charge in [-0.25, -0.2) is 9.89 Å². The Morgan fingerprint density at radius 2 is 2.26 bits per heavy atom. The number of nitrogens with one attached hydrogen (secondary N) is 2. The van der Waals surface area contributed by atoms with Gasteiger partial charge in [0.1, 0.15) is 0 Å². The van der Waals surface area contributed by atoms with Crippen LogP contribution >= 0.6 is 11.8 Å². The molecule has 1 aromatic heterocycles. The Bertz CT molecular complexity index is 405. The first-order valence-electron chi connectivity index (χ1n) is 6.85. The van der Waals surface area contributed by atoms with Crippen molar-refractivity contribution >= 4 is 11.8 Å². The number of aromatic amines is 1. The molecule has 7 heteroatoms. The van der Waals surface area contributed by atoms with E-state index in [1.165, 1.54) is 0 Å². The number of aromatic nitrogens is 3. The van der Waals surface area contributed by atoms with Gasteiger partial charge in [-0.05, 0) is 25.8 Å². The zero-order valence-electron chi connectivity index (χ0n) is 11.7. The topological polar surface area (TPSA) is 82.9 Å². The molecular weight excluding hydrogens is 264 g/mol. The molecule has 110 valence electrons. The molecule has 0 radical (unpaired) electrons. The molecule has 0 bridgehead atoms. The summed E-state index contributed by atoms with van der Waals surface area (Å²) in [4.78, 5) is 11.5. The van der Waals surface area contributed by atoms with Crippen molar-refractivity contribution in [2.45, 2.75) is 50.9 Å². The first-order valence-corrected chi connectivity index (χ1v) is 7.83. The Kier molecular flexibility index (Phi) is 7.85. The zero-order valence-corrected chi connectivity index (χ0v) is 12.5. The molecule has 3 N–H and O–H groups in total. The molecule has 19 heavy (non-hydrogen) atoms. The fraction of sp³-hybridized carbons (Fsp3) is 0.833. The minimum Gasteiger partial charge on any atom is -0.396 e. The number of rotatable bonds is 10. The Morgan fingerprint density at radius 1 is 1.47 bits per heavy atom. The number of aliphatic hydroxyl groups is 1.